The largest absolute Gasteiger partial charge is 0.370 e. The summed E-state index contributed by atoms with van der Waals surface area (Å²) in [6.07, 6.45) is 1.77. The van der Waals surface area contributed by atoms with Crippen molar-refractivity contribution >= 4 is 5.78 Å². The van der Waals surface area contributed by atoms with Crippen LogP contribution in [-0.2, 0) is 4.74 Å². The normalized spacial score (nSPS) is 17.1. The number of ketones is 1. The number of benzene rings is 1. The van der Waals surface area contributed by atoms with Gasteiger partial charge in [-0.3, -0.25) is 4.79 Å². The molecule has 1 aliphatic carbocycles. The summed E-state index contributed by atoms with van der Waals surface area (Å²) in [5.74, 6) is 0.0118. The Hall–Kier alpha value is -1.22. The van der Waals surface area contributed by atoms with Crippen molar-refractivity contribution in [1.82, 2.24) is 0 Å². The minimum atomic E-state index is -0.338. The van der Waals surface area contributed by atoms with Crippen LogP contribution < -0.4 is 0 Å². The van der Waals surface area contributed by atoms with Gasteiger partial charge in [0.05, 0.1) is 0 Å². The van der Waals surface area contributed by atoms with Gasteiger partial charge in [-0.25, -0.2) is 4.39 Å². The first kappa shape index (κ1) is 11.3. The SMILES string of the molecule is CCOC(C(=O)c1ccc(F)cc1)C1CC1. The lowest BCUT2D eigenvalue weighted by Crippen LogP contribution is -2.26. The second-order valence-corrected chi connectivity index (χ2v) is 4.08. The third kappa shape index (κ3) is 2.47. The molecule has 1 aromatic rings. The van der Waals surface area contributed by atoms with E-state index in [1.165, 1.54) is 24.3 Å². The van der Waals surface area contributed by atoms with E-state index in [4.69, 9.17) is 4.74 Å². The van der Waals surface area contributed by atoms with Crippen LogP contribution in [0.4, 0.5) is 4.39 Å². The van der Waals surface area contributed by atoms with Gasteiger partial charge in [-0.15, -0.1) is 0 Å². The van der Waals surface area contributed by atoms with E-state index in [1.54, 1.807) is 0 Å². The van der Waals surface area contributed by atoms with Crippen LogP contribution in [0.2, 0.25) is 0 Å². The van der Waals surface area contributed by atoms with Gasteiger partial charge in [0.15, 0.2) is 5.78 Å². The molecule has 0 aliphatic heterocycles. The average Bonchev–Trinajstić information content (AvgIpc) is 3.10. The van der Waals surface area contributed by atoms with Gasteiger partial charge in [-0.1, -0.05) is 0 Å². The number of carbonyl (C=O) groups is 1. The van der Waals surface area contributed by atoms with Crippen LogP contribution in [0.25, 0.3) is 0 Å². The lowest BCUT2D eigenvalue weighted by atomic mass is 10.0. The molecule has 2 rings (SSSR count). The van der Waals surface area contributed by atoms with Crippen LogP contribution in [0.3, 0.4) is 0 Å². The Morgan fingerprint density at radius 3 is 2.56 bits per heavy atom. The van der Waals surface area contributed by atoms with E-state index in [0.717, 1.165) is 12.8 Å². The minimum Gasteiger partial charge on any atom is -0.370 e. The van der Waals surface area contributed by atoms with E-state index in [9.17, 15) is 9.18 Å². The third-order valence-corrected chi connectivity index (χ3v) is 2.78. The van der Waals surface area contributed by atoms with Gasteiger partial charge >= 0.3 is 0 Å². The molecular weight excluding hydrogens is 207 g/mol. The van der Waals surface area contributed by atoms with Crippen molar-refractivity contribution in [2.45, 2.75) is 25.9 Å². The summed E-state index contributed by atoms with van der Waals surface area (Å²) in [6.45, 7) is 2.42. The minimum absolute atomic E-state index is 0.0237. The van der Waals surface area contributed by atoms with Crippen LogP contribution in [0.5, 0.6) is 0 Å². The molecule has 0 N–H and O–H groups in total. The topological polar surface area (TPSA) is 26.3 Å². The Morgan fingerprint density at radius 1 is 1.44 bits per heavy atom. The summed E-state index contributed by atoms with van der Waals surface area (Å²) in [6, 6.07) is 5.66. The zero-order valence-electron chi connectivity index (χ0n) is 9.28. The van der Waals surface area contributed by atoms with Crippen molar-refractivity contribution in [2.24, 2.45) is 5.92 Å². The smallest absolute Gasteiger partial charge is 0.191 e. The molecule has 1 atom stereocenters. The molecule has 2 nitrogen and oxygen atoms in total. The monoisotopic (exact) mass is 222 g/mol. The second kappa shape index (κ2) is 4.74. The number of ether oxygens (including phenoxy) is 1. The van der Waals surface area contributed by atoms with Crippen LogP contribution in [-0.4, -0.2) is 18.5 Å². The van der Waals surface area contributed by atoms with Crippen molar-refractivity contribution in [3.8, 4) is 0 Å². The Labute approximate surface area is 94.4 Å². The van der Waals surface area contributed by atoms with E-state index in [2.05, 4.69) is 0 Å². The molecule has 1 unspecified atom stereocenters. The lowest BCUT2D eigenvalue weighted by Gasteiger charge is -2.14. The molecule has 0 saturated heterocycles. The fourth-order valence-corrected chi connectivity index (χ4v) is 1.78. The van der Waals surface area contributed by atoms with Crippen molar-refractivity contribution in [1.29, 1.82) is 0 Å². The van der Waals surface area contributed by atoms with E-state index in [1.807, 2.05) is 6.92 Å². The van der Waals surface area contributed by atoms with Gasteiger partial charge < -0.3 is 4.74 Å². The summed E-state index contributed by atoms with van der Waals surface area (Å²) >= 11 is 0. The standard InChI is InChI=1S/C13H15FO2/c1-2-16-13(10-3-4-10)12(15)9-5-7-11(14)8-6-9/h5-8,10,13H,2-4H2,1H3. The molecule has 3 heteroatoms. The number of carbonyl (C=O) groups excluding carboxylic acids is 1. The summed E-state index contributed by atoms with van der Waals surface area (Å²) in [7, 11) is 0. The molecule has 1 fully saturated rings. The van der Waals surface area contributed by atoms with E-state index in [0.29, 0.717) is 18.1 Å². The Kier molecular flexibility index (Phi) is 3.34. The molecule has 1 saturated carbocycles. The van der Waals surface area contributed by atoms with Crippen LogP contribution in [0, 0.1) is 11.7 Å². The Morgan fingerprint density at radius 2 is 2.06 bits per heavy atom. The molecule has 0 amide bonds. The van der Waals surface area contributed by atoms with Crippen molar-refractivity contribution < 1.29 is 13.9 Å². The van der Waals surface area contributed by atoms with Gasteiger partial charge in [-0.2, -0.15) is 0 Å². The maximum absolute atomic E-state index is 12.7. The first-order valence-electron chi connectivity index (χ1n) is 5.63. The van der Waals surface area contributed by atoms with Gasteiger partial charge in [0.2, 0.25) is 0 Å². The van der Waals surface area contributed by atoms with Gasteiger partial charge in [-0.05, 0) is 49.9 Å². The Balaban J connectivity index is 2.12. The average molecular weight is 222 g/mol. The molecule has 0 heterocycles. The fourth-order valence-electron chi connectivity index (χ4n) is 1.78. The van der Waals surface area contributed by atoms with Gasteiger partial charge in [0.25, 0.3) is 0 Å². The number of halogens is 1. The highest BCUT2D eigenvalue weighted by molar-refractivity contribution is 5.99. The molecule has 0 bridgehead atoms. The summed E-state index contributed by atoms with van der Waals surface area (Å²) in [4.78, 5) is 12.1. The molecule has 1 aliphatic rings. The van der Waals surface area contributed by atoms with Crippen molar-refractivity contribution in [3.05, 3.63) is 35.6 Å². The van der Waals surface area contributed by atoms with Gasteiger partial charge in [0, 0.05) is 12.2 Å². The van der Waals surface area contributed by atoms with E-state index in [-0.39, 0.29) is 17.7 Å². The van der Waals surface area contributed by atoms with Crippen LogP contribution in [0.1, 0.15) is 30.1 Å². The second-order valence-electron chi connectivity index (χ2n) is 4.08. The first-order chi connectivity index (χ1) is 7.72. The molecule has 16 heavy (non-hydrogen) atoms. The quantitative estimate of drug-likeness (QED) is 0.716. The number of hydrogen-bond donors (Lipinski definition) is 0. The number of Topliss-reactive ketones (excluding diaryl/α,β-unsaturated/α-hetero) is 1. The summed E-state index contributed by atoms with van der Waals surface area (Å²) in [5.41, 5.74) is 0.534. The third-order valence-electron chi connectivity index (χ3n) is 2.78. The summed E-state index contributed by atoms with van der Waals surface area (Å²) in [5, 5.41) is 0. The Bertz CT molecular complexity index is 368. The summed E-state index contributed by atoms with van der Waals surface area (Å²) < 4.78 is 18.2. The highest BCUT2D eigenvalue weighted by Gasteiger charge is 2.37. The lowest BCUT2D eigenvalue weighted by molar-refractivity contribution is 0.0374. The fraction of sp³-hybridized carbons (Fsp3) is 0.462. The number of rotatable bonds is 5. The predicted molar refractivity (Wildman–Crippen MR) is 58.9 cm³/mol. The number of hydrogen-bond acceptors (Lipinski definition) is 2. The maximum atomic E-state index is 12.7. The van der Waals surface area contributed by atoms with E-state index < -0.39 is 0 Å². The highest BCUT2D eigenvalue weighted by atomic mass is 19.1. The van der Waals surface area contributed by atoms with Crippen LogP contribution >= 0.6 is 0 Å². The molecule has 0 radical (unpaired) electrons. The van der Waals surface area contributed by atoms with Gasteiger partial charge in [0.1, 0.15) is 11.9 Å². The molecule has 0 spiro atoms. The zero-order chi connectivity index (χ0) is 11.5. The molecule has 86 valence electrons. The first-order valence-corrected chi connectivity index (χ1v) is 5.63. The maximum Gasteiger partial charge on any atom is 0.191 e. The molecule has 0 aromatic heterocycles. The molecule has 1 aromatic carbocycles. The zero-order valence-corrected chi connectivity index (χ0v) is 9.28. The van der Waals surface area contributed by atoms with Crippen LogP contribution in [0.15, 0.2) is 24.3 Å². The van der Waals surface area contributed by atoms with Crippen molar-refractivity contribution in [2.75, 3.05) is 6.61 Å². The van der Waals surface area contributed by atoms with E-state index >= 15 is 0 Å². The van der Waals surface area contributed by atoms with Crippen molar-refractivity contribution in [3.63, 3.8) is 0 Å². The molecular formula is C13H15FO2. The highest BCUT2D eigenvalue weighted by Crippen LogP contribution is 2.35. The predicted octanol–water partition coefficient (Wildman–Crippen LogP) is 2.82.